The van der Waals surface area contributed by atoms with E-state index in [1.807, 2.05) is 0 Å². The molecule has 1 aromatic heterocycles. The van der Waals surface area contributed by atoms with Crippen molar-refractivity contribution in [1.29, 1.82) is 0 Å². The van der Waals surface area contributed by atoms with Gasteiger partial charge in [0.1, 0.15) is 5.15 Å². The average molecular weight is 382 g/mol. The van der Waals surface area contributed by atoms with Gasteiger partial charge in [-0.2, -0.15) is 8.78 Å². The molecule has 0 fully saturated rings. The van der Waals surface area contributed by atoms with E-state index in [1.54, 1.807) is 36.4 Å². The molecule has 2 aromatic rings. The van der Waals surface area contributed by atoms with Crippen LogP contribution in [0.5, 0.6) is 0 Å². The van der Waals surface area contributed by atoms with Crippen LogP contribution in [0.2, 0.25) is 5.15 Å². The second-order valence-electron chi connectivity index (χ2n) is 5.57. The number of halogens is 3. The molecule has 0 atom stereocenters. The first-order chi connectivity index (χ1) is 12.4. The van der Waals surface area contributed by atoms with Crippen LogP contribution in [0.4, 0.5) is 8.78 Å². The fourth-order valence-corrected chi connectivity index (χ4v) is 2.39. The van der Waals surface area contributed by atoms with Gasteiger partial charge in [-0.25, -0.2) is 4.98 Å². The van der Waals surface area contributed by atoms with Gasteiger partial charge in [0.05, 0.1) is 5.56 Å². The van der Waals surface area contributed by atoms with Gasteiger partial charge in [0.25, 0.3) is 11.8 Å². The fraction of sp³-hybridized carbons (Fsp3) is 0.278. The third kappa shape index (κ3) is 5.77. The second-order valence-corrected chi connectivity index (χ2v) is 5.93. The van der Waals surface area contributed by atoms with Crippen molar-refractivity contribution in [2.45, 2.75) is 25.3 Å². The number of rotatable bonds is 8. The summed E-state index contributed by atoms with van der Waals surface area (Å²) in [5.74, 6) is -5.34. The molecule has 0 bridgehead atoms. The molecule has 2 amide bonds. The van der Waals surface area contributed by atoms with Gasteiger partial charge in [0.15, 0.2) is 0 Å². The molecule has 1 heterocycles. The summed E-state index contributed by atoms with van der Waals surface area (Å²) >= 11 is 5.79. The summed E-state index contributed by atoms with van der Waals surface area (Å²) in [7, 11) is 0. The predicted molar refractivity (Wildman–Crippen MR) is 94.0 cm³/mol. The van der Waals surface area contributed by atoms with Crippen LogP contribution in [0.3, 0.4) is 0 Å². The quantitative estimate of drug-likeness (QED) is 0.545. The summed E-state index contributed by atoms with van der Waals surface area (Å²) in [6.07, 6.45) is 0.706. The molecule has 0 aliphatic rings. The molecular formula is C18H18ClF2N3O2. The van der Waals surface area contributed by atoms with E-state index < -0.39 is 24.2 Å². The van der Waals surface area contributed by atoms with Crippen LogP contribution in [0.25, 0.3) is 0 Å². The van der Waals surface area contributed by atoms with E-state index in [2.05, 4.69) is 15.6 Å². The highest BCUT2D eigenvalue weighted by Gasteiger charge is 2.37. The molecule has 5 nitrogen and oxygen atoms in total. The van der Waals surface area contributed by atoms with Crippen LogP contribution in [0.1, 0.15) is 28.8 Å². The lowest BCUT2D eigenvalue weighted by Gasteiger charge is -2.16. The van der Waals surface area contributed by atoms with Crippen molar-refractivity contribution in [2.75, 3.05) is 6.54 Å². The number of amides is 2. The Bertz CT molecular complexity index is 757. The van der Waals surface area contributed by atoms with Gasteiger partial charge in [-0.1, -0.05) is 41.9 Å². The van der Waals surface area contributed by atoms with E-state index in [9.17, 15) is 18.4 Å². The number of nitrogens with one attached hydrogen (secondary N) is 2. The number of aromatic nitrogens is 1. The number of hydrogen-bond donors (Lipinski definition) is 2. The largest absolute Gasteiger partial charge is 0.352 e. The maximum atomic E-state index is 13.9. The smallest absolute Gasteiger partial charge is 0.324 e. The Labute approximate surface area is 154 Å². The van der Waals surface area contributed by atoms with Crippen LogP contribution >= 0.6 is 11.6 Å². The minimum absolute atomic E-state index is 0.00832. The zero-order valence-electron chi connectivity index (χ0n) is 13.8. The minimum atomic E-state index is -3.51. The molecule has 0 aliphatic heterocycles. The van der Waals surface area contributed by atoms with Crippen molar-refractivity contribution in [2.24, 2.45) is 0 Å². The highest BCUT2D eigenvalue weighted by atomic mass is 35.5. The third-order valence-electron chi connectivity index (χ3n) is 3.58. The Balaban J connectivity index is 1.74. The highest BCUT2D eigenvalue weighted by Crippen LogP contribution is 2.20. The predicted octanol–water partition coefficient (Wildman–Crippen LogP) is 3.20. The number of carbonyl (C=O) groups excluding carboxylic acids is 2. The lowest BCUT2D eigenvalue weighted by Crippen LogP contribution is -2.40. The van der Waals surface area contributed by atoms with Crippen LogP contribution in [0, 0.1) is 0 Å². The van der Waals surface area contributed by atoms with Crippen molar-refractivity contribution in [3.8, 4) is 0 Å². The maximum Gasteiger partial charge on any atom is 0.324 e. The molecule has 2 N–H and O–H groups in total. The summed E-state index contributed by atoms with van der Waals surface area (Å²) in [4.78, 5) is 27.3. The molecule has 1 aromatic carbocycles. The summed E-state index contributed by atoms with van der Waals surface area (Å²) in [6, 6.07) is 11.8. The second kappa shape index (κ2) is 9.24. The van der Waals surface area contributed by atoms with Gasteiger partial charge in [-0.05, 0) is 24.1 Å². The Morgan fingerprint density at radius 3 is 2.50 bits per heavy atom. The van der Waals surface area contributed by atoms with Gasteiger partial charge >= 0.3 is 5.92 Å². The van der Waals surface area contributed by atoms with E-state index in [4.69, 9.17) is 11.6 Å². The molecule has 8 heteroatoms. The number of nitrogens with zero attached hydrogens (tertiary/aromatic N) is 1. The zero-order valence-corrected chi connectivity index (χ0v) is 14.6. The van der Waals surface area contributed by atoms with Crippen LogP contribution < -0.4 is 10.6 Å². The minimum Gasteiger partial charge on any atom is -0.352 e. The average Bonchev–Trinajstić information content (AvgIpc) is 2.64. The molecule has 0 unspecified atom stereocenters. The standard InChI is InChI=1S/C18H18ClF2N3O2/c19-15-14(8-4-10-22-15)16(25)23-11-5-9-18(20,21)17(26)24-12-13-6-2-1-3-7-13/h1-4,6-8,10H,5,9,11-12H2,(H,23,25)(H,24,26). The summed E-state index contributed by atoms with van der Waals surface area (Å²) in [5.41, 5.74) is 0.902. The van der Waals surface area contributed by atoms with E-state index >= 15 is 0 Å². The lowest BCUT2D eigenvalue weighted by atomic mass is 10.1. The number of benzene rings is 1. The third-order valence-corrected chi connectivity index (χ3v) is 3.89. The van der Waals surface area contributed by atoms with Crippen LogP contribution in [-0.4, -0.2) is 29.3 Å². The first kappa shape index (κ1) is 19.8. The summed E-state index contributed by atoms with van der Waals surface area (Å²) in [5, 5.41) is 4.74. The SMILES string of the molecule is O=C(NCCCC(F)(F)C(=O)NCc1ccccc1)c1cccnc1Cl. The van der Waals surface area contributed by atoms with Gasteiger partial charge in [-0.3, -0.25) is 9.59 Å². The number of alkyl halides is 2. The summed E-state index contributed by atoms with van der Waals surface area (Å²) < 4.78 is 27.8. The van der Waals surface area contributed by atoms with Crippen molar-refractivity contribution < 1.29 is 18.4 Å². The Morgan fingerprint density at radius 1 is 1.08 bits per heavy atom. The molecule has 0 spiro atoms. The Kier molecular flexibility index (Phi) is 7.03. The first-order valence-corrected chi connectivity index (χ1v) is 8.37. The molecule has 0 radical (unpaired) electrons. The normalized spacial score (nSPS) is 11.0. The first-order valence-electron chi connectivity index (χ1n) is 7.99. The van der Waals surface area contributed by atoms with E-state index in [0.717, 1.165) is 5.56 Å². The molecule has 138 valence electrons. The highest BCUT2D eigenvalue weighted by molar-refractivity contribution is 6.32. The maximum absolute atomic E-state index is 13.9. The topological polar surface area (TPSA) is 71.1 Å². The van der Waals surface area contributed by atoms with Crippen LogP contribution in [-0.2, 0) is 11.3 Å². The van der Waals surface area contributed by atoms with E-state index in [0.29, 0.717) is 0 Å². The van der Waals surface area contributed by atoms with Crippen molar-refractivity contribution in [3.05, 3.63) is 64.9 Å². The van der Waals surface area contributed by atoms with Gasteiger partial charge in [-0.15, -0.1) is 0 Å². The Hall–Kier alpha value is -2.54. The monoisotopic (exact) mass is 381 g/mol. The van der Waals surface area contributed by atoms with E-state index in [1.165, 1.54) is 12.3 Å². The zero-order chi connectivity index (χ0) is 19.0. The molecule has 26 heavy (non-hydrogen) atoms. The van der Waals surface area contributed by atoms with Crippen LogP contribution in [0.15, 0.2) is 48.7 Å². The number of pyridine rings is 1. The molecule has 0 saturated carbocycles. The van der Waals surface area contributed by atoms with Gasteiger partial charge in [0, 0.05) is 25.7 Å². The molecule has 2 rings (SSSR count). The Morgan fingerprint density at radius 2 is 1.81 bits per heavy atom. The van der Waals surface area contributed by atoms with Crippen molar-refractivity contribution in [1.82, 2.24) is 15.6 Å². The van der Waals surface area contributed by atoms with Gasteiger partial charge < -0.3 is 10.6 Å². The molecular weight excluding hydrogens is 364 g/mol. The van der Waals surface area contributed by atoms with E-state index in [-0.39, 0.29) is 30.2 Å². The van der Waals surface area contributed by atoms with Gasteiger partial charge in [0.2, 0.25) is 0 Å². The molecule has 0 saturated heterocycles. The number of hydrogen-bond acceptors (Lipinski definition) is 3. The lowest BCUT2D eigenvalue weighted by molar-refractivity contribution is -0.146. The molecule has 0 aliphatic carbocycles. The number of carbonyl (C=O) groups is 2. The summed E-state index contributed by atoms with van der Waals surface area (Å²) in [6.45, 7) is 0.0249. The van der Waals surface area contributed by atoms with Crippen molar-refractivity contribution in [3.63, 3.8) is 0 Å². The fourth-order valence-electron chi connectivity index (χ4n) is 2.18. The van der Waals surface area contributed by atoms with Crippen molar-refractivity contribution >= 4 is 23.4 Å².